The van der Waals surface area contributed by atoms with Crippen LogP contribution >= 0.6 is 0 Å². The molecule has 2 aromatic rings. The lowest BCUT2D eigenvalue weighted by atomic mass is 9.96. The summed E-state index contributed by atoms with van der Waals surface area (Å²) in [6.45, 7) is 2.52. The van der Waals surface area contributed by atoms with Crippen molar-refractivity contribution < 1.29 is 22.4 Å². The van der Waals surface area contributed by atoms with E-state index in [-0.39, 0.29) is 23.9 Å². The van der Waals surface area contributed by atoms with Gasteiger partial charge in [-0.1, -0.05) is 6.07 Å². The van der Waals surface area contributed by atoms with Gasteiger partial charge in [0.15, 0.2) is 0 Å². The summed E-state index contributed by atoms with van der Waals surface area (Å²) in [5, 5.41) is 5.42. The van der Waals surface area contributed by atoms with Gasteiger partial charge in [0.25, 0.3) is 0 Å². The molecule has 2 heterocycles. The number of rotatable bonds is 5. The molecule has 0 spiro atoms. The van der Waals surface area contributed by atoms with Gasteiger partial charge in [-0.15, -0.1) is 0 Å². The second kappa shape index (κ2) is 8.80. The maximum Gasteiger partial charge on any atom is 0.416 e. The first-order chi connectivity index (χ1) is 14.2. The van der Waals surface area contributed by atoms with Crippen molar-refractivity contribution in [3.8, 4) is 0 Å². The van der Waals surface area contributed by atoms with Gasteiger partial charge in [-0.3, -0.25) is 4.79 Å². The first-order valence-electron chi connectivity index (χ1n) is 9.46. The van der Waals surface area contributed by atoms with E-state index in [1.807, 2.05) is 4.90 Å². The SMILES string of the molecule is CNc1nc(C)nc(N2CCC(C(=O)NCc3ccc(F)cc3C(F)(F)F)CC2)n1. The summed E-state index contributed by atoms with van der Waals surface area (Å²) in [5.74, 6) is -0.0784. The molecular weight excluding hydrogens is 404 g/mol. The predicted octanol–water partition coefficient (Wildman–Crippen LogP) is 2.91. The van der Waals surface area contributed by atoms with Crippen molar-refractivity contribution in [2.45, 2.75) is 32.5 Å². The van der Waals surface area contributed by atoms with E-state index in [4.69, 9.17) is 0 Å². The summed E-state index contributed by atoms with van der Waals surface area (Å²) in [6.07, 6.45) is -3.66. The number of carbonyl (C=O) groups excluding carboxylic acids is 1. The van der Waals surface area contributed by atoms with Crippen molar-refractivity contribution in [3.63, 3.8) is 0 Å². The number of nitrogens with one attached hydrogen (secondary N) is 2. The smallest absolute Gasteiger partial charge is 0.357 e. The predicted molar refractivity (Wildman–Crippen MR) is 102 cm³/mol. The van der Waals surface area contributed by atoms with Crippen LogP contribution in [0.5, 0.6) is 0 Å². The third kappa shape index (κ3) is 5.14. The molecule has 0 bridgehead atoms. The molecule has 0 aliphatic carbocycles. The standard InChI is InChI=1S/C19H22F4N6O/c1-11-26-17(24-2)28-18(27-11)29-7-5-12(6-8-29)16(30)25-10-13-3-4-14(20)9-15(13)19(21,22)23/h3-4,9,12H,5-8,10H2,1-2H3,(H,25,30)(H,24,26,27,28). The molecule has 1 aromatic carbocycles. The van der Waals surface area contributed by atoms with Gasteiger partial charge < -0.3 is 15.5 Å². The van der Waals surface area contributed by atoms with Gasteiger partial charge in [0.05, 0.1) is 5.56 Å². The van der Waals surface area contributed by atoms with Gasteiger partial charge in [-0.25, -0.2) is 4.39 Å². The van der Waals surface area contributed by atoms with E-state index in [2.05, 4.69) is 25.6 Å². The lowest BCUT2D eigenvalue weighted by molar-refractivity contribution is -0.138. The van der Waals surface area contributed by atoms with Crippen LogP contribution in [-0.2, 0) is 17.5 Å². The van der Waals surface area contributed by atoms with E-state index < -0.39 is 17.6 Å². The fraction of sp³-hybridized carbons (Fsp3) is 0.474. The quantitative estimate of drug-likeness (QED) is 0.716. The molecule has 30 heavy (non-hydrogen) atoms. The Morgan fingerprint density at radius 2 is 1.90 bits per heavy atom. The van der Waals surface area contributed by atoms with Crippen molar-refractivity contribution in [3.05, 3.63) is 41.0 Å². The number of aryl methyl sites for hydroxylation is 1. The molecule has 1 aliphatic rings. The Kier molecular flexibility index (Phi) is 6.37. The minimum absolute atomic E-state index is 0.171. The maximum absolute atomic E-state index is 13.2. The summed E-state index contributed by atoms with van der Waals surface area (Å²) in [7, 11) is 1.71. The maximum atomic E-state index is 13.2. The van der Waals surface area contributed by atoms with Crippen molar-refractivity contribution >= 4 is 17.8 Å². The average Bonchev–Trinajstić information content (AvgIpc) is 2.71. The van der Waals surface area contributed by atoms with Crippen molar-refractivity contribution in [1.82, 2.24) is 20.3 Å². The van der Waals surface area contributed by atoms with E-state index in [0.29, 0.717) is 49.7 Å². The number of benzene rings is 1. The Hall–Kier alpha value is -2.98. The highest BCUT2D eigenvalue weighted by atomic mass is 19.4. The van der Waals surface area contributed by atoms with Crippen LogP contribution in [0.4, 0.5) is 29.5 Å². The molecule has 1 amide bonds. The van der Waals surface area contributed by atoms with Crippen LogP contribution in [0.1, 0.15) is 29.8 Å². The molecule has 0 unspecified atom stereocenters. The Morgan fingerprint density at radius 3 is 2.53 bits per heavy atom. The van der Waals surface area contributed by atoms with Crippen LogP contribution < -0.4 is 15.5 Å². The van der Waals surface area contributed by atoms with Crippen molar-refractivity contribution in [1.29, 1.82) is 0 Å². The molecule has 0 radical (unpaired) electrons. The molecule has 1 saturated heterocycles. The Balaban J connectivity index is 1.58. The first kappa shape index (κ1) is 21.7. The molecule has 11 heteroatoms. The van der Waals surface area contributed by atoms with E-state index >= 15 is 0 Å². The zero-order chi connectivity index (χ0) is 21.9. The highest BCUT2D eigenvalue weighted by Gasteiger charge is 2.34. The zero-order valence-electron chi connectivity index (χ0n) is 16.6. The van der Waals surface area contributed by atoms with Gasteiger partial charge in [-0.2, -0.15) is 28.1 Å². The monoisotopic (exact) mass is 426 g/mol. The van der Waals surface area contributed by atoms with Crippen molar-refractivity contribution in [2.24, 2.45) is 5.92 Å². The van der Waals surface area contributed by atoms with Crippen LogP contribution in [0.2, 0.25) is 0 Å². The van der Waals surface area contributed by atoms with E-state index in [1.54, 1.807) is 14.0 Å². The highest BCUT2D eigenvalue weighted by molar-refractivity contribution is 5.79. The minimum atomic E-state index is -4.69. The molecule has 0 atom stereocenters. The van der Waals surface area contributed by atoms with Crippen molar-refractivity contribution in [2.75, 3.05) is 30.4 Å². The highest BCUT2D eigenvalue weighted by Crippen LogP contribution is 2.32. The molecule has 0 saturated carbocycles. The number of anilines is 2. The van der Waals surface area contributed by atoms with Gasteiger partial charge in [-0.05, 0) is 37.5 Å². The first-order valence-corrected chi connectivity index (χ1v) is 9.46. The Labute approximate surface area is 170 Å². The Bertz CT molecular complexity index is 912. The molecular formula is C19H22F4N6O. The summed E-state index contributed by atoms with van der Waals surface area (Å²) >= 11 is 0. The molecule has 3 rings (SSSR count). The number of halogens is 4. The van der Waals surface area contributed by atoms with Crippen LogP contribution in [-0.4, -0.2) is 41.0 Å². The molecule has 1 aromatic heterocycles. The number of alkyl halides is 3. The lowest BCUT2D eigenvalue weighted by Gasteiger charge is -2.31. The molecule has 1 fully saturated rings. The normalized spacial score (nSPS) is 15.2. The number of carbonyl (C=O) groups is 1. The summed E-state index contributed by atoms with van der Waals surface area (Å²) in [6, 6.07) is 2.44. The molecule has 162 valence electrons. The van der Waals surface area contributed by atoms with E-state index in [0.717, 1.165) is 12.1 Å². The Morgan fingerprint density at radius 1 is 1.20 bits per heavy atom. The molecule has 1 aliphatic heterocycles. The fourth-order valence-electron chi connectivity index (χ4n) is 3.36. The largest absolute Gasteiger partial charge is 0.416 e. The van der Waals surface area contributed by atoms with Gasteiger partial charge >= 0.3 is 6.18 Å². The number of hydrogen-bond donors (Lipinski definition) is 2. The van der Waals surface area contributed by atoms with Crippen LogP contribution in [0.3, 0.4) is 0 Å². The van der Waals surface area contributed by atoms with Gasteiger partial charge in [0, 0.05) is 32.6 Å². The van der Waals surface area contributed by atoms with E-state index in [9.17, 15) is 22.4 Å². The molecule has 2 N–H and O–H groups in total. The van der Waals surface area contributed by atoms with Gasteiger partial charge in [0.1, 0.15) is 11.6 Å². The summed E-state index contributed by atoms with van der Waals surface area (Å²) < 4.78 is 52.5. The second-order valence-electron chi connectivity index (χ2n) is 7.03. The van der Waals surface area contributed by atoms with E-state index in [1.165, 1.54) is 0 Å². The number of hydrogen-bond acceptors (Lipinski definition) is 6. The van der Waals surface area contributed by atoms with Crippen LogP contribution in [0.15, 0.2) is 18.2 Å². The molecule has 7 nitrogen and oxygen atoms in total. The van der Waals surface area contributed by atoms with Crippen LogP contribution in [0, 0.1) is 18.7 Å². The third-order valence-corrected chi connectivity index (χ3v) is 4.94. The lowest BCUT2D eigenvalue weighted by Crippen LogP contribution is -2.41. The summed E-state index contributed by atoms with van der Waals surface area (Å²) in [5.41, 5.74) is -1.25. The average molecular weight is 426 g/mol. The van der Waals surface area contributed by atoms with Crippen LogP contribution in [0.25, 0.3) is 0 Å². The number of piperidine rings is 1. The fourth-order valence-corrected chi connectivity index (χ4v) is 3.36. The number of nitrogens with zero attached hydrogens (tertiary/aromatic N) is 4. The second-order valence-corrected chi connectivity index (χ2v) is 7.03. The van der Waals surface area contributed by atoms with Gasteiger partial charge in [0.2, 0.25) is 17.8 Å². The topological polar surface area (TPSA) is 83.0 Å². The number of amides is 1. The number of aromatic nitrogens is 3. The third-order valence-electron chi connectivity index (χ3n) is 4.94. The summed E-state index contributed by atoms with van der Waals surface area (Å²) in [4.78, 5) is 27.2. The minimum Gasteiger partial charge on any atom is -0.357 e. The zero-order valence-corrected chi connectivity index (χ0v) is 16.6.